The fourth-order valence-electron chi connectivity index (χ4n) is 0.188. The predicted octanol–water partition coefficient (Wildman–Crippen LogP) is -2.20. The Kier molecular flexibility index (Phi) is 5.26. The maximum atomic E-state index is 9.66. The first kappa shape index (κ1) is 13.3. The van der Waals surface area contributed by atoms with E-state index in [4.69, 9.17) is 9.11 Å². The molecule has 2 radical (unpaired) electrons. The van der Waals surface area contributed by atoms with Crippen LogP contribution in [0.5, 0.6) is 0 Å². The van der Waals surface area contributed by atoms with Crippen molar-refractivity contribution in [2.75, 3.05) is 5.08 Å². The first-order valence-corrected chi connectivity index (χ1v) is 4.83. The van der Waals surface area contributed by atoms with E-state index >= 15 is 0 Å². The molecule has 0 unspecified atom stereocenters. The Morgan fingerprint density at radius 2 is 1.10 bits per heavy atom. The molecule has 6 nitrogen and oxygen atoms in total. The Bertz CT molecular complexity index is 241. The first-order chi connectivity index (χ1) is 3.71. The van der Waals surface area contributed by atoms with Gasteiger partial charge in [0, 0.05) is 0 Å². The molecule has 0 spiro atoms. The molecule has 9 heteroatoms. The summed E-state index contributed by atoms with van der Waals surface area (Å²) in [4.78, 5) is 0. The molecule has 0 aromatic rings. The second-order valence-corrected chi connectivity index (χ2v) is 4.55. The molecule has 0 aromatic carbocycles. The van der Waals surface area contributed by atoms with E-state index in [0.717, 1.165) is 0 Å². The molecule has 0 rings (SSSR count). The Balaban J connectivity index is 0. The van der Waals surface area contributed by atoms with Gasteiger partial charge < -0.3 is 0 Å². The van der Waals surface area contributed by atoms with Gasteiger partial charge in [-0.15, -0.1) is 0 Å². The molecule has 0 saturated heterocycles. The van der Waals surface area contributed by atoms with E-state index in [1.54, 1.807) is 0 Å². The molecule has 0 atom stereocenters. The third kappa shape index (κ3) is 11.5. The molecule has 0 bridgehead atoms. The molecular weight excluding hydrogens is 379 g/mol. The van der Waals surface area contributed by atoms with Gasteiger partial charge in [-0.1, -0.05) is 0 Å². The van der Waals surface area contributed by atoms with Gasteiger partial charge in [0.05, 0.1) is 0 Å². The van der Waals surface area contributed by atoms with Crippen LogP contribution < -0.4 is 0 Å². The summed E-state index contributed by atoms with van der Waals surface area (Å²) in [5, 5.41) is -1.65. The molecule has 0 aliphatic rings. The summed E-state index contributed by atoms with van der Waals surface area (Å²) in [6.45, 7) is 0. The average Bonchev–Trinajstić information content (AvgIpc) is 1.14. The van der Waals surface area contributed by atoms with Crippen molar-refractivity contribution in [2.24, 2.45) is 0 Å². The van der Waals surface area contributed by atoms with E-state index in [-0.39, 0.29) is 27.3 Å². The van der Waals surface area contributed by atoms with Gasteiger partial charge in [0.1, 0.15) is 0 Å². The summed E-state index contributed by atoms with van der Waals surface area (Å²) in [5.41, 5.74) is 0. The number of hydrogen-bond acceptors (Lipinski definition) is 4. The Labute approximate surface area is 78.3 Å². The molecule has 0 heterocycles. The van der Waals surface area contributed by atoms with Crippen molar-refractivity contribution < 1.29 is 25.9 Å². The fraction of sp³-hybridized carbons (Fsp3) is 1.00. The molecule has 0 saturated carbocycles. The van der Waals surface area contributed by atoms with Gasteiger partial charge >= 0.3 is 27.3 Å². The Morgan fingerprint density at radius 1 is 0.900 bits per heavy atom. The number of rotatable bonds is 2. The predicted molar refractivity (Wildman–Crippen MR) is 36.5 cm³/mol. The fourth-order valence-corrected chi connectivity index (χ4v) is 1.69. The van der Waals surface area contributed by atoms with Crippen molar-refractivity contribution in [3.63, 3.8) is 0 Å². The molecular formula is CH6O6PbS2. The van der Waals surface area contributed by atoms with Crippen LogP contribution in [0.3, 0.4) is 0 Å². The zero-order valence-electron chi connectivity index (χ0n) is 4.76. The van der Waals surface area contributed by atoms with Crippen LogP contribution in [-0.2, 0) is 20.2 Å². The van der Waals surface area contributed by atoms with Crippen LogP contribution in [0, 0.1) is 0 Å². The van der Waals surface area contributed by atoms with Crippen LogP contribution in [-0.4, -0.2) is 58.3 Å². The van der Waals surface area contributed by atoms with Gasteiger partial charge in [-0.25, -0.2) is 0 Å². The maximum absolute atomic E-state index is 9.66. The van der Waals surface area contributed by atoms with Crippen LogP contribution in [0.4, 0.5) is 0 Å². The van der Waals surface area contributed by atoms with E-state index in [1.165, 1.54) is 0 Å². The second kappa shape index (κ2) is 3.94. The van der Waals surface area contributed by atoms with Gasteiger partial charge in [-0.05, 0) is 0 Å². The summed E-state index contributed by atoms with van der Waals surface area (Å²) >= 11 is 0. The average molecular weight is 385 g/mol. The van der Waals surface area contributed by atoms with Crippen LogP contribution >= 0.6 is 0 Å². The third-order valence-electron chi connectivity index (χ3n) is 0.298. The SMILES string of the molecule is O=S(=O)(O)CS(=O)(=O)O.[PbH2]. The van der Waals surface area contributed by atoms with Crippen LogP contribution in [0.2, 0.25) is 0 Å². The minimum atomic E-state index is -4.62. The van der Waals surface area contributed by atoms with E-state index < -0.39 is 25.3 Å². The zero-order chi connectivity index (χ0) is 7.71. The van der Waals surface area contributed by atoms with Crippen molar-refractivity contribution in [3.05, 3.63) is 0 Å². The van der Waals surface area contributed by atoms with Crippen molar-refractivity contribution in [1.82, 2.24) is 0 Å². The Morgan fingerprint density at radius 3 is 1.10 bits per heavy atom. The Hall–Kier alpha value is 0.742. The van der Waals surface area contributed by atoms with E-state index in [9.17, 15) is 16.8 Å². The number of hydrogen-bond donors (Lipinski definition) is 2. The standard InChI is InChI=1S/CH4O6S2.Pb.2H/c2-8(3,4)1-9(5,6)7;;;/h1H2,(H,2,3,4)(H,5,6,7);;;. The third-order valence-corrected chi connectivity index (χ3v) is 2.68. The van der Waals surface area contributed by atoms with E-state index in [2.05, 4.69) is 0 Å². The van der Waals surface area contributed by atoms with Gasteiger partial charge in [0.25, 0.3) is 20.2 Å². The van der Waals surface area contributed by atoms with Crippen LogP contribution in [0.1, 0.15) is 0 Å². The molecule has 10 heavy (non-hydrogen) atoms. The van der Waals surface area contributed by atoms with Gasteiger partial charge in [0.15, 0.2) is 0 Å². The molecule has 62 valence electrons. The topological polar surface area (TPSA) is 109 Å². The van der Waals surface area contributed by atoms with Crippen molar-refractivity contribution in [1.29, 1.82) is 0 Å². The van der Waals surface area contributed by atoms with Crippen LogP contribution in [0.25, 0.3) is 0 Å². The molecule has 2 N–H and O–H groups in total. The summed E-state index contributed by atoms with van der Waals surface area (Å²) in [5.74, 6) is 0. The summed E-state index contributed by atoms with van der Waals surface area (Å²) in [6.07, 6.45) is 0. The molecule has 0 amide bonds. The van der Waals surface area contributed by atoms with Crippen molar-refractivity contribution >= 4 is 47.5 Å². The van der Waals surface area contributed by atoms with Crippen molar-refractivity contribution in [3.8, 4) is 0 Å². The normalized spacial score (nSPS) is 12.2. The van der Waals surface area contributed by atoms with Crippen molar-refractivity contribution in [2.45, 2.75) is 0 Å². The zero-order valence-corrected chi connectivity index (χ0v) is 11.9. The molecule has 0 aromatic heterocycles. The summed E-state index contributed by atoms with van der Waals surface area (Å²) in [7, 11) is -9.24. The second-order valence-electron chi connectivity index (χ2n) is 1.28. The first-order valence-electron chi connectivity index (χ1n) is 1.61. The quantitative estimate of drug-likeness (QED) is 0.413. The molecule has 0 aliphatic carbocycles. The van der Waals surface area contributed by atoms with Gasteiger partial charge in [-0.2, -0.15) is 16.8 Å². The summed E-state index contributed by atoms with van der Waals surface area (Å²) < 4.78 is 54.2. The monoisotopic (exact) mass is 386 g/mol. The molecule has 0 aliphatic heterocycles. The van der Waals surface area contributed by atoms with Crippen LogP contribution in [0.15, 0.2) is 0 Å². The molecule has 0 fully saturated rings. The van der Waals surface area contributed by atoms with E-state index in [1.807, 2.05) is 0 Å². The van der Waals surface area contributed by atoms with Gasteiger partial charge in [-0.3, -0.25) is 9.11 Å². The van der Waals surface area contributed by atoms with E-state index in [0.29, 0.717) is 0 Å². The summed E-state index contributed by atoms with van der Waals surface area (Å²) in [6, 6.07) is 0. The van der Waals surface area contributed by atoms with Gasteiger partial charge in [0.2, 0.25) is 5.08 Å². The minimum absolute atomic E-state index is 0.